The molecule has 2 heterocycles. The zero-order chi connectivity index (χ0) is 15.1. The minimum Gasteiger partial charge on any atom is -0.312 e. The van der Waals surface area contributed by atoms with E-state index in [0.717, 1.165) is 31.5 Å². The van der Waals surface area contributed by atoms with Crippen LogP contribution in [0.5, 0.6) is 0 Å². The highest BCUT2D eigenvalue weighted by atomic mass is 32.1. The molecule has 0 fully saturated rings. The molecule has 0 spiro atoms. The van der Waals surface area contributed by atoms with Crippen molar-refractivity contribution < 1.29 is 4.79 Å². The summed E-state index contributed by atoms with van der Waals surface area (Å²) in [7, 11) is 0. The van der Waals surface area contributed by atoms with Gasteiger partial charge in [0.1, 0.15) is 0 Å². The molecule has 2 aromatic heterocycles. The van der Waals surface area contributed by atoms with Crippen LogP contribution in [-0.4, -0.2) is 20.7 Å². The number of nitrogens with one attached hydrogen (secondary N) is 1. The number of unbranched alkanes of at least 4 members (excludes halogenated alkanes) is 1. The Morgan fingerprint density at radius 1 is 1.52 bits per heavy atom. The first-order valence-corrected chi connectivity index (χ1v) is 7.78. The van der Waals surface area contributed by atoms with Crippen molar-refractivity contribution in [1.29, 1.82) is 0 Å². The van der Waals surface area contributed by atoms with Crippen LogP contribution in [0.2, 0.25) is 0 Å². The molecule has 0 atom stereocenters. The smallest absolute Gasteiger partial charge is 0.300 e. The Morgan fingerprint density at radius 3 is 3.10 bits per heavy atom. The van der Waals surface area contributed by atoms with Crippen LogP contribution in [0, 0.1) is 18.8 Å². The molecule has 0 radical (unpaired) electrons. The predicted molar refractivity (Wildman–Crippen MR) is 84.1 cm³/mol. The first-order valence-electron chi connectivity index (χ1n) is 6.90. The second kappa shape index (κ2) is 7.60. The third kappa shape index (κ3) is 4.72. The number of hydrogen-bond acceptors (Lipinski definition) is 4. The average Bonchev–Trinajstić information content (AvgIpc) is 3.06. The van der Waals surface area contributed by atoms with Crippen LogP contribution < -0.4 is 5.32 Å². The number of nitrogens with zero attached hydrogens (tertiary/aromatic N) is 3. The summed E-state index contributed by atoms with van der Waals surface area (Å²) in [6.45, 7) is 4.80. The van der Waals surface area contributed by atoms with Crippen LogP contribution in [0.25, 0.3) is 0 Å². The molecular formula is C15H18N4OS. The van der Waals surface area contributed by atoms with Crippen LogP contribution >= 0.6 is 11.3 Å². The van der Waals surface area contributed by atoms with Gasteiger partial charge in [-0.2, -0.15) is 5.10 Å². The predicted octanol–water partition coefficient (Wildman–Crippen LogP) is 2.63. The lowest BCUT2D eigenvalue weighted by molar-refractivity contribution is -0.111. The molecule has 0 aliphatic carbocycles. The summed E-state index contributed by atoms with van der Waals surface area (Å²) in [6.07, 6.45) is 6.03. The number of aryl methyl sites for hydroxylation is 3. The highest BCUT2D eigenvalue weighted by Crippen LogP contribution is 2.14. The van der Waals surface area contributed by atoms with Gasteiger partial charge in [-0.05, 0) is 19.3 Å². The van der Waals surface area contributed by atoms with Gasteiger partial charge in [0.05, 0.1) is 23.1 Å². The quantitative estimate of drug-likeness (QED) is 0.864. The molecule has 2 aromatic rings. The number of carbonyl (C=O) groups excluding carboxylic acids is 1. The first-order chi connectivity index (χ1) is 10.2. The molecule has 110 valence electrons. The third-order valence-corrected chi connectivity index (χ3v) is 3.88. The summed E-state index contributed by atoms with van der Waals surface area (Å²) in [5.41, 5.74) is 3.60. The van der Waals surface area contributed by atoms with Crippen LogP contribution in [-0.2, 0) is 17.8 Å². The fourth-order valence-corrected chi connectivity index (χ4v) is 2.53. The molecule has 0 saturated carbocycles. The van der Waals surface area contributed by atoms with Gasteiger partial charge in [0, 0.05) is 30.5 Å². The second-order valence-corrected chi connectivity index (χ2v) is 5.55. The molecule has 0 saturated heterocycles. The van der Waals surface area contributed by atoms with E-state index in [1.807, 2.05) is 30.2 Å². The number of anilines is 1. The van der Waals surface area contributed by atoms with E-state index in [1.54, 1.807) is 17.5 Å². The molecular weight excluding hydrogens is 284 g/mol. The number of amides is 1. The maximum atomic E-state index is 11.6. The molecule has 0 aliphatic heterocycles. The monoisotopic (exact) mass is 302 g/mol. The van der Waals surface area contributed by atoms with Crippen molar-refractivity contribution in [2.24, 2.45) is 0 Å². The van der Waals surface area contributed by atoms with Crippen LogP contribution in [0.3, 0.4) is 0 Å². The fraction of sp³-hybridized carbons (Fsp3) is 0.400. The highest BCUT2D eigenvalue weighted by molar-refractivity contribution is 7.09. The standard InChI is InChI=1S/C15H18N4OS/c1-3-4-5-6-15(20)18-13-9-17-19(10-13)8-7-14-12(2)16-11-21-14/h9-11H,3-4,7-8H2,1-2H3,(H,18,20). The number of hydrogen-bond donors (Lipinski definition) is 1. The third-order valence-electron chi connectivity index (χ3n) is 2.88. The maximum Gasteiger partial charge on any atom is 0.300 e. The summed E-state index contributed by atoms with van der Waals surface area (Å²) in [5.74, 6) is 5.09. The summed E-state index contributed by atoms with van der Waals surface area (Å²) in [4.78, 5) is 17.0. The van der Waals surface area contributed by atoms with Gasteiger partial charge >= 0.3 is 0 Å². The highest BCUT2D eigenvalue weighted by Gasteiger charge is 2.04. The average molecular weight is 302 g/mol. The van der Waals surface area contributed by atoms with E-state index in [1.165, 1.54) is 4.88 Å². The topological polar surface area (TPSA) is 59.8 Å². The van der Waals surface area contributed by atoms with Gasteiger partial charge in [0.2, 0.25) is 0 Å². The maximum absolute atomic E-state index is 11.6. The normalized spacial score (nSPS) is 10.0. The van der Waals surface area contributed by atoms with Crippen molar-refractivity contribution >= 4 is 22.9 Å². The molecule has 1 amide bonds. The Bertz CT molecular complexity index is 663. The number of thiazole rings is 1. The van der Waals surface area contributed by atoms with Crippen molar-refractivity contribution in [3.63, 3.8) is 0 Å². The Morgan fingerprint density at radius 2 is 2.38 bits per heavy atom. The molecule has 2 rings (SSSR count). The largest absolute Gasteiger partial charge is 0.312 e. The summed E-state index contributed by atoms with van der Waals surface area (Å²) >= 11 is 1.66. The Kier molecular flexibility index (Phi) is 5.52. The van der Waals surface area contributed by atoms with Gasteiger partial charge in [-0.3, -0.25) is 9.48 Å². The zero-order valence-electron chi connectivity index (χ0n) is 12.2. The van der Waals surface area contributed by atoms with Gasteiger partial charge < -0.3 is 5.32 Å². The lowest BCUT2D eigenvalue weighted by Gasteiger charge is -2.00. The van der Waals surface area contributed by atoms with E-state index in [9.17, 15) is 4.79 Å². The van der Waals surface area contributed by atoms with Crippen molar-refractivity contribution in [1.82, 2.24) is 14.8 Å². The van der Waals surface area contributed by atoms with Crippen molar-refractivity contribution in [2.45, 2.75) is 39.7 Å². The van der Waals surface area contributed by atoms with E-state index in [-0.39, 0.29) is 5.91 Å². The minimum absolute atomic E-state index is 0.290. The second-order valence-electron chi connectivity index (χ2n) is 4.61. The van der Waals surface area contributed by atoms with Crippen LogP contribution in [0.1, 0.15) is 30.3 Å². The molecule has 21 heavy (non-hydrogen) atoms. The molecule has 0 unspecified atom stereocenters. The molecule has 0 aromatic carbocycles. The summed E-state index contributed by atoms with van der Waals surface area (Å²) in [6, 6.07) is 0. The molecule has 5 nitrogen and oxygen atoms in total. The van der Waals surface area contributed by atoms with E-state index in [0.29, 0.717) is 5.69 Å². The lowest BCUT2D eigenvalue weighted by atomic mass is 10.3. The Hall–Kier alpha value is -2.13. The van der Waals surface area contributed by atoms with Gasteiger partial charge in [-0.25, -0.2) is 4.98 Å². The molecule has 1 N–H and O–H groups in total. The Labute approximate surface area is 128 Å². The van der Waals surface area contributed by atoms with E-state index >= 15 is 0 Å². The van der Waals surface area contributed by atoms with Gasteiger partial charge in [0.15, 0.2) is 0 Å². The SMILES string of the molecule is CCCC#CC(=O)Nc1cnn(CCc2scnc2C)c1. The van der Waals surface area contributed by atoms with Crippen molar-refractivity contribution in [2.75, 3.05) is 5.32 Å². The summed E-state index contributed by atoms with van der Waals surface area (Å²) in [5, 5.41) is 6.95. The molecule has 0 bridgehead atoms. The van der Waals surface area contributed by atoms with Crippen LogP contribution in [0.15, 0.2) is 17.9 Å². The van der Waals surface area contributed by atoms with Gasteiger partial charge in [-0.1, -0.05) is 12.8 Å². The van der Waals surface area contributed by atoms with E-state index < -0.39 is 0 Å². The first kappa shape index (κ1) is 15.3. The fourth-order valence-electron chi connectivity index (χ4n) is 1.76. The number of carbonyl (C=O) groups is 1. The molecule has 6 heteroatoms. The summed E-state index contributed by atoms with van der Waals surface area (Å²) < 4.78 is 1.81. The van der Waals surface area contributed by atoms with E-state index in [4.69, 9.17) is 0 Å². The van der Waals surface area contributed by atoms with Gasteiger partial charge in [-0.15, -0.1) is 11.3 Å². The van der Waals surface area contributed by atoms with Crippen molar-refractivity contribution in [3.05, 3.63) is 28.5 Å². The van der Waals surface area contributed by atoms with Gasteiger partial charge in [0.25, 0.3) is 5.91 Å². The zero-order valence-corrected chi connectivity index (χ0v) is 13.0. The van der Waals surface area contributed by atoms with E-state index in [2.05, 4.69) is 27.2 Å². The van der Waals surface area contributed by atoms with Crippen LogP contribution in [0.4, 0.5) is 5.69 Å². The molecule has 0 aliphatic rings. The lowest BCUT2D eigenvalue weighted by Crippen LogP contribution is -2.08. The van der Waals surface area contributed by atoms with Crippen molar-refractivity contribution in [3.8, 4) is 11.8 Å². The number of rotatable bonds is 5. The number of aromatic nitrogens is 3. The Balaban J connectivity index is 1.86. The minimum atomic E-state index is -0.290.